The van der Waals surface area contributed by atoms with E-state index in [0.717, 1.165) is 0 Å². The Kier molecular flexibility index (Phi) is 4.70. The van der Waals surface area contributed by atoms with E-state index in [1.807, 2.05) is 6.07 Å². The Bertz CT molecular complexity index is 469. The lowest BCUT2D eigenvalue weighted by Gasteiger charge is -2.34. The highest BCUT2D eigenvalue weighted by Crippen LogP contribution is 2.16. The van der Waals surface area contributed by atoms with Crippen molar-refractivity contribution in [3.8, 4) is 0 Å². The molecule has 0 spiro atoms. The van der Waals surface area contributed by atoms with Gasteiger partial charge in [-0.15, -0.1) is 0 Å². The zero-order chi connectivity index (χ0) is 14.5. The zero-order valence-corrected chi connectivity index (χ0v) is 11.1. The minimum absolute atomic E-state index is 0.0106. The third-order valence-electron chi connectivity index (χ3n) is 3.39. The number of piperazine rings is 1. The van der Waals surface area contributed by atoms with Crippen molar-refractivity contribution in [3.05, 3.63) is 35.9 Å². The predicted molar refractivity (Wildman–Crippen MR) is 72.1 cm³/mol. The highest BCUT2D eigenvalue weighted by atomic mass is 16.4. The molecule has 1 fully saturated rings. The first-order valence-corrected chi connectivity index (χ1v) is 6.54. The number of hydrogen-bond acceptors (Lipinski definition) is 4. The number of aliphatic carboxylic acids is 1. The molecule has 0 bridgehead atoms. The molecule has 0 aliphatic carbocycles. The summed E-state index contributed by atoms with van der Waals surface area (Å²) in [4.78, 5) is 26.1. The summed E-state index contributed by atoms with van der Waals surface area (Å²) < 4.78 is 0. The van der Waals surface area contributed by atoms with Crippen LogP contribution in [0, 0.1) is 0 Å². The van der Waals surface area contributed by atoms with Gasteiger partial charge in [-0.05, 0) is 5.56 Å². The van der Waals surface area contributed by atoms with Crippen molar-refractivity contribution in [1.29, 1.82) is 0 Å². The van der Waals surface area contributed by atoms with E-state index < -0.39 is 12.1 Å². The summed E-state index contributed by atoms with van der Waals surface area (Å²) >= 11 is 0. The number of aliphatic hydroxyl groups excluding tert-OH is 1. The molecule has 108 valence electrons. The van der Waals surface area contributed by atoms with Crippen LogP contribution in [0.25, 0.3) is 0 Å². The number of carbonyl (C=O) groups is 2. The summed E-state index contributed by atoms with van der Waals surface area (Å²) in [6.45, 7) is 1.90. The van der Waals surface area contributed by atoms with Crippen LogP contribution in [-0.4, -0.2) is 64.6 Å². The van der Waals surface area contributed by atoms with Crippen molar-refractivity contribution in [1.82, 2.24) is 9.80 Å². The first-order valence-electron chi connectivity index (χ1n) is 6.54. The number of hydrogen-bond donors (Lipinski definition) is 2. The first kappa shape index (κ1) is 14.5. The second-order valence-corrected chi connectivity index (χ2v) is 4.81. The molecule has 1 heterocycles. The van der Waals surface area contributed by atoms with Crippen LogP contribution in [0.3, 0.4) is 0 Å². The van der Waals surface area contributed by atoms with E-state index >= 15 is 0 Å². The minimum Gasteiger partial charge on any atom is -0.480 e. The summed E-state index contributed by atoms with van der Waals surface area (Å²) in [5, 5.41) is 18.8. The predicted octanol–water partition coefficient (Wildman–Crippen LogP) is -0.0512. The lowest BCUT2D eigenvalue weighted by atomic mass is 10.1. The summed E-state index contributed by atoms with van der Waals surface area (Å²) in [5.74, 6) is -1.19. The summed E-state index contributed by atoms with van der Waals surface area (Å²) in [6.07, 6.45) is -1.15. The SMILES string of the molecule is O=C(O)CN1CCN(C(=O)C(O)c2ccccc2)CC1. The van der Waals surface area contributed by atoms with Crippen molar-refractivity contribution >= 4 is 11.9 Å². The fourth-order valence-electron chi connectivity index (χ4n) is 2.27. The maximum atomic E-state index is 12.2. The van der Waals surface area contributed by atoms with Gasteiger partial charge in [0.25, 0.3) is 5.91 Å². The number of benzene rings is 1. The lowest BCUT2D eigenvalue weighted by Crippen LogP contribution is -2.51. The van der Waals surface area contributed by atoms with E-state index in [2.05, 4.69) is 0 Å². The van der Waals surface area contributed by atoms with Gasteiger partial charge in [-0.2, -0.15) is 0 Å². The lowest BCUT2D eigenvalue weighted by molar-refractivity contribution is -0.143. The number of amides is 1. The average molecular weight is 278 g/mol. The van der Waals surface area contributed by atoms with Crippen molar-refractivity contribution in [2.75, 3.05) is 32.7 Å². The smallest absolute Gasteiger partial charge is 0.317 e. The van der Waals surface area contributed by atoms with Gasteiger partial charge >= 0.3 is 5.97 Å². The van der Waals surface area contributed by atoms with Crippen LogP contribution < -0.4 is 0 Å². The minimum atomic E-state index is -1.15. The molecule has 1 aromatic carbocycles. The van der Waals surface area contributed by atoms with Crippen LogP contribution >= 0.6 is 0 Å². The topological polar surface area (TPSA) is 81.1 Å². The van der Waals surface area contributed by atoms with Crippen LogP contribution in [0.4, 0.5) is 0 Å². The van der Waals surface area contributed by atoms with Crippen molar-refractivity contribution in [3.63, 3.8) is 0 Å². The standard InChI is InChI=1S/C14H18N2O4/c17-12(18)10-15-6-8-16(9-7-15)14(20)13(19)11-4-2-1-3-5-11/h1-5,13,19H,6-10H2,(H,17,18). The van der Waals surface area contributed by atoms with Crippen LogP contribution in [0.15, 0.2) is 30.3 Å². The maximum Gasteiger partial charge on any atom is 0.317 e. The second kappa shape index (κ2) is 6.49. The van der Waals surface area contributed by atoms with Gasteiger partial charge in [0.05, 0.1) is 6.54 Å². The van der Waals surface area contributed by atoms with Crippen LogP contribution in [0.2, 0.25) is 0 Å². The quantitative estimate of drug-likeness (QED) is 0.807. The van der Waals surface area contributed by atoms with Gasteiger partial charge < -0.3 is 15.1 Å². The Morgan fingerprint density at radius 1 is 1.10 bits per heavy atom. The number of carboxylic acid groups (broad SMARTS) is 1. The zero-order valence-electron chi connectivity index (χ0n) is 11.1. The largest absolute Gasteiger partial charge is 0.480 e. The molecule has 1 amide bonds. The van der Waals surface area contributed by atoms with Gasteiger partial charge in [0.1, 0.15) is 0 Å². The Hall–Kier alpha value is -1.92. The number of carbonyl (C=O) groups excluding carboxylic acids is 1. The summed E-state index contributed by atoms with van der Waals surface area (Å²) in [7, 11) is 0. The van der Waals surface area contributed by atoms with Crippen LogP contribution in [-0.2, 0) is 9.59 Å². The van der Waals surface area contributed by atoms with E-state index in [-0.39, 0.29) is 12.5 Å². The molecule has 6 heteroatoms. The van der Waals surface area contributed by atoms with Crippen molar-refractivity contribution in [2.45, 2.75) is 6.10 Å². The Balaban J connectivity index is 1.90. The van der Waals surface area contributed by atoms with Gasteiger partial charge in [-0.25, -0.2) is 0 Å². The molecule has 1 aromatic rings. The number of carboxylic acids is 1. The molecule has 2 rings (SSSR count). The van der Waals surface area contributed by atoms with E-state index in [0.29, 0.717) is 31.7 Å². The Labute approximate surface area is 117 Å². The fraction of sp³-hybridized carbons (Fsp3) is 0.429. The van der Waals surface area contributed by atoms with E-state index in [9.17, 15) is 14.7 Å². The van der Waals surface area contributed by atoms with Crippen molar-refractivity contribution < 1.29 is 19.8 Å². The molecule has 1 unspecified atom stereocenters. The monoisotopic (exact) mass is 278 g/mol. The summed E-state index contributed by atoms with van der Waals surface area (Å²) in [5.41, 5.74) is 0.575. The molecule has 6 nitrogen and oxygen atoms in total. The number of rotatable bonds is 4. The molecule has 1 aliphatic heterocycles. The van der Waals surface area contributed by atoms with Gasteiger partial charge in [0, 0.05) is 26.2 Å². The number of aliphatic hydroxyl groups is 1. The molecule has 0 aromatic heterocycles. The fourth-order valence-corrected chi connectivity index (χ4v) is 2.27. The van der Waals surface area contributed by atoms with Crippen LogP contribution in [0.1, 0.15) is 11.7 Å². The molecule has 0 radical (unpaired) electrons. The van der Waals surface area contributed by atoms with Gasteiger partial charge in [-0.3, -0.25) is 14.5 Å². The van der Waals surface area contributed by atoms with Gasteiger partial charge in [0.15, 0.2) is 6.10 Å². The molecule has 1 aliphatic rings. The highest BCUT2D eigenvalue weighted by Gasteiger charge is 2.27. The first-order chi connectivity index (χ1) is 9.58. The van der Waals surface area contributed by atoms with E-state index in [4.69, 9.17) is 5.11 Å². The highest BCUT2D eigenvalue weighted by molar-refractivity contribution is 5.82. The Morgan fingerprint density at radius 2 is 1.70 bits per heavy atom. The summed E-state index contributed by atoms with van der Waals surface area (Å²) in [6, 6.07) is 8.80. The van der Waals surface area contributed by atoms with E-state index in [1.165, 1.54) is 0 Å². The Morgan fingerprint density at radius 3 is 2.25 bits per heavy atom. The van der Waals surface area contributed by atoms with Gasteiger partial charge in [0.2, 0.25) is 0 Å². The molecule has 20 heavy (non-hydrogen) atoms. The second-order valence-electron chi connectivity index (χ2n) is 4.81. The number of nitrogens with zero attached hydrogens (tertiary/aromatic N) is 2. The molecular weight excluding hydrogens is 260 g/mol. The van der Waals surface area contributed by atoms with Gasteiger partial charge in [-0.1, -0.05) is 30.3 Å². The molecule has 1 saturated heterocycles. The molecule has 2 N–H and O–H groups in total. The molecule has 1 atom stereocenters. The third kappa shape index (κ3) is 3.55. The molecular formula is C14H18N2O4. The normalized spacial score (nSPS) is 17.8. The van der Waals surface area contributed by atoms with Crippen molar-refractivity contribution in [2.24, 2.45) is 0 Å². The van der Waals surface area contributed by atoms with E-state index in [1.54, 1.807) is 34.1 Å². The maximum absolute atomic E-state index is 12.2. The molecule has 0 saturated carbocycles. The van der Waals surface area contributed by atoms with Crippen LogP contribution in [0.5, 0.6) is 0 Å². The average Bonchev–Trinajstić information content (AvgIpc) is 2.47. The third-order valence-corrected chi connectivity index (χ3v) is 3.39.